The molecule has 0 atom stereocenters. The topological polar surface area (TPSA) is 84.6 Å². The number of nitrogen functional groups attached to an aromatic ring is 1. The van der Waals surface area contributed by atoms with E-state index in [1.54, 1.807) is 37.4 Å². The maximum Gasteiger partial charge on any atom is 0.251 e. The second-order valence-corrected chi connectivity index (χ2v) is 4.20. The molecule has 0 aromatic heterocycles. The first-order chi connectivity index (χ1) is 9.65. The molecule has 0 heterocycles. The Hall–Kier alpha value is -2.53. The van der Waals surface area contributed by atoms with Crippen molar-refractivity contribution in [3.8, 4) is 11.5 Å². The number of rotatable bonds is 4. The summed E-state index contributed by atoms with van der Waals surface area (Å²) in [4.78, 5) is 11.5. The molecule has 0 fully saturated rings. The van der Waals surface area contributed by atoms with Gasteiger partial charge in [0, 0.05) is 18.2 Å². The quantitative estimate of drug-likeness (QED) is 0.742. The minimum absolute atomic E-state index is 0.119. The van der Waals surface area contributed by atoms with Gasteiger partial charge < -0.3 is 20.9 Å². The van der Waals surface area contributed by atoms with E-state index in [-0.39, 0.29) is 12.5 Å². The van der Waals surface area contributed by atoms with E-state index in [0.717, 1.165) is 0 Å². The van der Waals surface area contributed by atoms with Gasteiger partial charge in [-0.25, -0.2) is 0 Å². The van der Waals surface area contributed by atoms with E-state index < -0.39 is 0 Å². The van der Waals surface area contributed by atoms with Gasteiger partial charge in [-0.1, -0.05) is 18.2 Å². The number of carbonyl (C=O) groups is 1. The molecular formula is C15H16N2O3. The summed E-state index contributed by atoms with van der Waals surface area (Å²) in [6.07, 6.45) is 0. The van der Waals surface area contributed by atoms with Crippen LogP contribution in [-0.2, 0) is 6.61 Å². The number of hydrogen-bond donors (Lipinski definition) is 3. The Bertz CT molecular complexity index is 626. The van der Waals surface area contributed by atoms with Crippen molar-refractivity contribution >= 4 is 11.6 Å². The molecule has 5 nitrogen and oxygen atoms in total. The number of anilines is 1. The Morgan fingerprint density at radius 1 is 1.25 bits per heavy atom. The van der Waals surface area contributed by atoms with E-state index in [2.05, 4.69) is 5.32 Å². The molecule has 0 aliphatic carbocycles. The lowest BCUT2D eigenvalue weighted by molar-refractivity contribution is 0.0963. The van der Waals surface area contributed by atoms with Crippen molar-refractivity contribution in [1.82, 2.24) is 5.32 Å². The largest absolute Gasteiger partial charge is 0.455 e. The number of aliphatic hydroxyl groups is 1. The van der Waals surface area contributed by atoms with Crippen LogP contribution < -0.4 is 15.8 Å². The number of amides is 1. The van der Waals surface area contributed by atoms with Crippen molar-refractivity contribution in [3.63, 3.8) is 0 Å². The highest BCUT2D eigenvalue weighted by Gasteiger charge is 2.09. The molecular weight excluding hydrogens is 256 g/mol. The van der Waals surface area contributed by atoms with Gasteiger partial charge in [-0.2, -0.15) is 0 Å². The molecule has 0 saturated heterocycles. The molecule has 0 aliphatic heterocycles. The van der Waals surface area contributed by atoms with E-state index in [9.17, 15) is 9.90 Å². The first-order valence-electron chi connectivity index (χ1n) is 6.14. The van der Waals surface area contributed by atoms with Gasteiger partial charge in [0.2, 0.25) is 0 Å². The lowest BCUT2D eigenvalue weighted by atomic mass is 10.1. The average molecular weight is 272 g/mol. The number of para-hydroxylation sites is 1. The molecule has 0 saturated carbocycles. The number of nitrogens with one attached hydrogen (secondary N) is 1. The van der Waals surface area contributed by atoms with Gasteiger partial charge in [0.25, 0.3) is 5.91 Å². The van der Waals surface area contributed by atoms with Gasteiger partial charge in [0.05, 0.1) is 12.3 Å². The maximum absolute atomic E-state index is 11.5. The number of benzene rings is 2. The average Bonchev–Trinajstić information content (AvgIpc) is 2.49. The standard InChI is InChI=1S/C15H16N2O3/c1-17-15(19)10-6-7-14(12(16)8-10)20-13-5-3-2-4-11(13)9-18/h2-8,18H,9,16H2,1H3,(H,17,19). The predicted octanol–water partition coefficient (Wildman–Crippen LogP) is 1.91. The molecule has 1 amide bonds. The highest BCUT2D eigenvalue weighted by atomic mass is 16.5. The summed E-state index contributed by atoms with van der Waals surface area (Å²) < 4.78 is 5.68. The van der Waals surface area contributed by atoms with Crippen LogP contribution in [0.15, 0.2) is 42.5 Å². The summed E-state index contributed by atoms with van der Waals surface area (Å²) in [7, 11) is 1.56. The molecule has 0 bridgehead atoms. The predicted molar refractivity (Wildman–Crippen MR) is 76.7 cm³/mol. The van der Waals surface area contributed by atoms with Crippen molar-refractivity contribution in [2.24, 2.45) is 0 Å². The Kier molecular flexibility index (Phi) is 4.22. The number of ether oxygens (including phenoxy) is 1. The molecule has 2 aromatic carbocycles. The van der Waals surface area contributed by atoms with E-state index >= 15 is 0 Å². The molecule has 0 unspecified atom stereocenters. The first kappa shape index (κ1) is 13.9. The van der Waals surface area contributed by atoms with E-state index in [4.69, 9.17) is 10.5 Å². The van der Waals surface area contributed by atoms with Crippen LogP contribution in [0.4, 0.5) is 5.69 Å². The lowest BCUT2D eigenvalue weighted by Gasteiger charge is -2.12. The van der Waals surface area contributed by atoms with Crippen molar-refractivity contribution in [2.75, 3.05) is 12.8 Å². The molecule has 5 heteroatoms. The molecule has 20 heavy (non-hydrogen) atoms. The zero-order valence-corrected chi connectivity index (χ0v) is 11.1. The van der Waals surface area contributed by atoms with Crippen LogP contribution in [-0.4, -0.2) is 18.1 Å². The second kappa shape index (κ2) is 6.08. The summed E-state index contributed by atoms with van der Waals surface area (Å²) in [6, 6.07) is 12.0. The summed E-state index contributed by atoms with van der Waals surface area (Å²) in [5, 5.41) is 11.8. The van der Waals surface area contributed by atoms with Gasteiger partial charge in [0.15, 0.2) is 0 Å². The molecule has 4 N–H and O–H groups in total. The van der Waals surface area contributed by atoms with Gasteiger partial charge in [-0.3, -0.25) is 4.79 Å². The zero-order chi connectivity index (χ0) is 14.5. The van der Waals surface area contributed by atoms with Crippen molar-refractivity contribution in [3.05, 3.63) is 53.6 Å². The zero-order valence-electron chi connectivity index (χ0n) is 11.1. The SMILES string of the molecule is CNC(=O)c1ccc(Oc2ccccc2CO)c(N)c1. The fourth-order valence-electron chi connectivity index (χ4n) is 1.78. The fraction of sp³-hybridized carbons (Fsp3) is 0.133. The van der Waals surface area contributed by atoms with Crippen LogP contribution in [0.25, 0.3) is 0 Å². The minimum atomic E-state index is -0.209. The Morgan fingerprint density at radius 2 is 2.00 bits per heavy atom. The Labute approximate surface area is 117 Å². The van der Waals surface area contributed by atoms with Crippen LogP contribution in [0, 0.1) is 0 Å². The third-order valence-corrected chi connectivity index (χ3v) is 2.86. The smallest absolute Gasteiger partial charge is 0.251 e. The molecule has 0 spiro atoms. The summed E-state index contributed by atoms with van der Waals surface area (Å²) in [5.74, 6) is 0.770. The Balaban J connectivity index is 2.28. The fourth-order valence-corrected chi connectivity index (χ4v) is 1.78. The van der Waals surface area contributed by atoms with Crippen LogP contribution in [0.1, 0.15) is 15.9 Å². The van der Waals surface area contributed by atoms with Crippen LogP contribution >= 0.6 is 0 Å². The van der Waals surface area contributed by atoms with Gasteiger partial charge in [-0.05, 0) is 24.3 Å². The highest BCUT2D eigenvalue weighted by Crippen LogP contribution is 2.30. The second-order valence-electron chi connectivity index (χ2n) is 4.20. The summed E-state index contributed by atoms with van der Waals surface area (Å²) in [6.45, 7) is -0.119. The number of nitrogens with two attached hydrogens (primary N) is 1. The van der Waals surface area contributed by atoms with Gasteiger partial charge in [-0.15, -0.1) is 0 Å². The lowest BCUT2D eigenvalue weighted by Crippen LogP contribution is -2.17. The minimum Gasteiger partial charge on any atom is -0.455 e. The third kappa shape index (κ3) is 2.89. The molecule has 104 valence electrons. The number of hydrogen-bond acceptors (Lipinski definition) is 4. The van der Waals surface area contributed by atoms with Gasteiger partial charge >= 0.3 is 0 Å². The first-order valence-corrected chi connectivity index (χ1v) is 6.14. The number of aliphatic hydroxyl groups excluding tert-OH is 1. The molecule has 0 aliphatic rings. The van der Waals surface area contributed by atoms with E-state index in [0.29, 0.717) is 28.3 Å². The highest BCUT2D eigenvalue weighted by molar-refractivity contribution is 5.95. The van der Waals surface area contributed by atoms with E-state index in [1.807, 2.05) is 12.1 Å². The van der Waals surface area contributed by atoms with Crippen molar-refractivity contribution < 1.29 is 14.6 Å². The molecule has 2 aromatic rings. The van der Waals surface area contributed by atoms with Crippen LogP contribution in [0.2, 0.25) is 0 Å². The third-order valence-electron chi connectivity index (χ3n) is 2.86. The maximum atomic E-state index is 11.5. The summed E-state index contributed by atoms with van der Waals surface area (Å²) >= 11 is 0. The summed E-state index contributed by atoms with van der Waals surface area (Å²) in [5.41, 5.74) is 7.38. The van der Waals surface area contributed by atoms with Gasteiger partial charge in [0.1, 0.15) is 11.5 Å². The Morgan fingerprint density at radius 3 is 2.65 bits per heavy atom. The van der Waals surface area contributed by atoms with Crippen LogP contribution in [0.3, 0.4) is 0 Å². The van der Waals surface area contributed by atoms with E-state index in [1.165, 1.54) is 0 Å². The van der Waals surface area contributed by atoms with Crippen molar-refractivity contribution in [2.45, 2.75) is 6.61 Å². The molecule has 0 radical (unpaired) electrons. The number of carbonyl (C=O) groups excluding carboxylic acids is 1. The van der Waals surface area contributed by atoms with Crippen LogP contribution in [0.5, 0.6) is 11.5 Å². The monoisotopic (exact) mass is 272 g/mol. The normalized spacial score (nSPS) is 10.1. The van der Waals surface area contributed by atoms with Crippen molar-refractivity contribution in [1.29, 1.82) is 0 Å². The molecule has 2 rings (SSSR count).